The molecule has 110 valence electrons. The van der Waals surface area contributed by atoms with Gasteiger partial charge < -0.3 is 4.57 Å². The summed E-state index contributed by atoms with van der Waals surface area (Å²) in [6.07, 6.45) is -4.47. The highest BCUT2D eigenvalue weighted by atomic mass is 35.5. The minimum atomic E-state index is -4.15. The van der Waals surface area contributed by atoms with Crippen LogP contribution in [0, 0.1) is 0 Å². The summed E-state index contributed by atoms with van der Waals surface area (Å²) in [5.74, 6) is 1.03. The highest BCUT2D eigenvalue weighted by Gasteiger charge is 2.26. The number of nitrogens with zero attached hydrogens (tertiary/aromatic N) is 2. The predicted octanol–water partition coefficient (Wildman–Crippen LogP) is 4.81. The van der Waals surface area contributed by atoms with Crippen molar-refractivity contribution in [2.75, 3.05) is 5.88 Å². The molecule has 1 aromatic heterocycles. The largest absolute Gasteiger partial charge is 0.389 e. The number of para-hydroxylation sites is 1. The first-order valence-electron chi connectivity index (χ1n) is 6.18. The Morgan fingerprint density at radius 3 is 2.65 bits per heavy atom. The third-order valence-electron chi connectivity index (χ3n) is 2.96. The molecule has 0 fully saturated rings. The third kappa shape index (κ3) is 3.58. The summed E-state index contributed by atoms with van der Waals surface area (Å²) in [5, 5.41) is 0.489. The Morgan fingerprint density at radius 1 is 1.25 bits per heavy atom. The Morgan fingerprint density at radius 2 is 2.00 bits per heavy atom. The molecular formula is C13H13Cl2F3N2. The standard InChI is InChI=1S/C13H13Cl2F3N2/c14-7-5-11-19-10-4-1-3-9(15)12(10)20(11)8-2-6-13(16,17)18/h1,3-4H,2,5-8H2. The quantitative estimate of drug-likeness (QED) is 0.721. The smallest absolute Gasteiger partial charge is 0.327 e. The van der Waals surface area contributed by atoms with Gasteiger partial charge in [-0.05, 0) is 18.6 Å². The van der Waals surface area contributed by atoms with E-state index in [0.717, 1.165) is 0 Å². The van der Waals surface area contributed by atoms with Crippen molar-refractivity contribution in [3.05, 3.63) is 29.0 Å². The molecule has 0 aliphatic rings. The Kier molecular flexibility index (Phi) is 4.81. The number of fused-ring (bicyclic) bond motifs is 1. The van der Waals surface area contributed by atoms with Crippen molar-refractivity contribution in [2.45, 2.75) is 32.0 Å². The second-order valence-electron chi connectivity index (χ2n) is 4.44. The zero-order valence-corrected chi connectivity index (χ0v) is 12.1. The van der Waals surface area contributed by atoms with E-state index in [1.165, 1.54) is 0 Å². The van der Waals surface area contributed by atoms with Crippen LogP contribution in [0.5, 0.6) is 0 Å². The molecule has 1 aromatic carbocycles. The lowest BCUT2D eigenvalue weighted by atomic mass is 10.2. The van der Waals surface area contributed by atoms with E-state index in [9.17, 15) is 13.2 Å². The van der Waals surface area contributed by atoms with Gasteiger partial charge in [0.25, 0.3) is 0 Å². The lowest BCUT2D eigenvalue weighted by Crippen LogP contribution is -2.11. The minimum Gasteiger partial charge on any atom is -0.327 e. The molecule has 0 atom stereocenters. The van der Waals surface area contributed by atoms with Crippen LogP contribution >= 0.6 is 23.2 Å². The third-order valence-corrected chi connectivity index (χ3v) is 3.45. The van der Waals surface area contributed by atoms with E-state index in [1.807, 2.05) is 0 Å². The van der Waals surface area contributed by atoms with Gasteiger partial charge in [0, 0.05) is 25.3 Å². The van der Waals surface area contributed by atoms with Crippen molar-refractivity contribution in [2.24, 2.45) is 0 Å². The monoisotopic (exact) mass is 324 g/mol. The lowest BCUT2D eigenvalue weighted by molar-refractivity contribution is -0.135. The molecule has 0 radical (unpaired) electrons. The molecule has 0 saturated carbocycles. The molecular weight excluding hydrogens is 312 g/mol. The van der Waals surface area contributed by atoms with E-state index in [2.05, 4.69) is 4.98 Å². The van der Waals surface area contributed by atoms with Gasteiger partial charge in [-0.1, -0.05) is 17.7 Å². The van der Waals surface area contributed by atoms with Crippen molar-refractivity contribution in [1.29, 1.82) is 0 Å². The van der Waals surface area contributed by atoms with E-state index in [4.69, 9.17) is 23.2 Å². The topological polar surface area (TPSA) is 17.8 Å². The van der Waals surface area contributed by atoms with Crippen LogP contribution in [-0.2, 0) is 13.0 Å². The fourth-order valence-electron chi connectivity index (χ4n) is 2.14. The Labute approximate surface area is 124 Å². The van der Waals surface area contributed by atoms with Crippen molar-refractivity contribution in [1.82, 2.24) is 9.55 Å². The van der Waals surface area contributed by atoms with E-state index in [1.54, 1.807) is 22.8 Å². The molecule has 0 aliphatic heterocycles. The van der Waals surface area contributed by atoms with Gasteiger partial charge >= 0.3 is 6.18 Å². The number of hydrogen-bond donors (Lipinski definition) is 0. The molecule has 0 bridgehead atoms. The van der Waals surface area contributed by atoms with Gasteiger partial charge in [0.2, 0.25) is 0 Å². The molecule has 1 heterocycles. The number of aryl methyl sites for hydroxylation is 2. The number of rotatable bonds is 5. The molecule has 0 unspecified atom stereocenters. The maximum absolute atomic E-state index is 12.3. The zero-order chi connectivity index (χ0) is 14.8. The average molecular weight is 325 g/mol. The second-order valence-corrected chi connectivity index (χ2v) is 5.23. The second kappa shape index (κ2) is 6.22. The van der Waals surface area contributed by atoms with E-state index >= 15 is 0 Å². The summed E-state index contributed by atoms with van der Waals surface area (Å²) in [6.45, 7) is 0.228. The van der Waals surface area contributed by atoms with Crippen LogP contribution in [0.2, 0.25) is 5.02 Å². The Bertz CT molecular complexity index is 593. The summed E-state index contributed by atoms with van der Waals surface area (Å²) in [6, 6.07) is 5.26. The Balaban J connectivity index is 2.31. The van der Waals surface area contributed by atoms with Crippen LogP contribution in [-0.4, -0.2) is 21.6 Å². The fraction of sp³-hybridized carbons (Fsp3) is 0.462. The molecule has 0 aliphatic carbocycles. The molecule has 0 saturated heterocycles. The SMILES string of the molecule is FC(F)(F)CCCn1c(CCCl)nc2cccc(Cl)c21. The summed E-state index contributed by atoms with van der Waals surface area (Å²) >= 11 is 11.8. The average Bonchev–Trinajstić information content (AvgIpc) is 2.68. The molecule has 2 rings (SSSR count). The number of aromatic nitrogens is 2. The van der Waals surface area contributed by atoms with Crippen LogP contribution in [0.25, 0.3) is 11.0 Å². The minimum absolute atomic E-state index is 0.00450. The van der Waals surface area contributed by atoms with Crippen molar-refractivity contribution in [3.8, 4) is 0 Å². The van der Waals surface area contributed by atoms with Gasteiger partial charge in [0.05, 0.1) is 16.1 Å². The van der Waals surface area contributed by atoms with Gasteiger partial charge in [0.1, 0.15) is 5.82 Å². The maximum Gasteiger partial charge on any atom is 0.389 e. The normalized spacial score (nSPS) is 12.2. The number of benzene rings is 1. The number of halogens is 5. The lowest BCUT2D eigenvalue weighted by Gasteiger charge is -2.10. The van der Waals surface area contributed by atoms with Gasteiger partial charge in [-0.15, -0.1) is 11.6 Å². The predicted molar refractivity (Wildman–Crippen MR) is 74.5 cm³/mol. The molecule has 2 nitrogen and oxygen atoms in total. The van der Waals surface area contributed by atoms with Gasteiger partial charge in [-0.2, -0.15) is 13.2 Å². The molecule has 0 spiro atoms. The van der Waals surface area contributed by atoms with Crippen LogP contribution in [0.1, 0.15) is 18.7 Å². The molecule has 7 heteroatoms. The Hall–Kier alpha value is -0.940. The van der Waals surface area contributed by atoms with Crippen molar-refractivity contribution in [3.63, 3.8) is 0 Å². The molecule has 0 amide bonds. The molecule has 0 N–H and O–H groups in total. The first-order valence-corrected chi connectivity index (χ1v) is 7.10. The first kappa shape index (κ1) is 15.4. The van der Waals surface area contributed by atoms with E-state index in [0.29, 0.717) is 34.2 Å². The number of imidazole rings is 1. The summed E-state index contributed by atoms with van der Waals surface area (Å²) in [7, 11) is 0. The van der Waals surface area contributed by atoms with Crippen molar-refractivity contribution >= 4 is 34.2 Å². The zero-order valence-electron chi connectivity index (χ0n) is 10.6. The van der Waals surface area contributed by atoms with Crippen LogP contribution in [0.4, 0.5) is 13.2 Å². The van der Waals surface area contributed by atoms with Gasteiger partial charge in [-0.3, -0.25) is 0 Å². The highest BCUT2D eigenvalue weighted by Crippen LogP contribution is 2.27. The van der Waals surface area contributed by atoms with Crippen LogP contribution in [0.15, 0.2) is 18.2 Å². The highest BCUT2D eigenvalue weighted by molar-refractivity contribution is 6.35. The van der Waals surface area contributed by atoms with Crippen molar-refractivity contribution < 1.29 is 13.2 Å². The van der Waals surface area contributed by atoms with E-state index < -0.39 is 12.6 Å². The van der Waals surface area contributed by atoms with Gasteiger partial charge in [0.15, 0.2) is 0 Å². The number of alkyl halides is 4. The molecule has 2 aromatic rings. The molecule has 20 heavy (non-hydrogen) atoms. The van der Waals surface area contributed by atoms with Crippen LogP contribution < -0.4 is 0 Å². The summed E-state index contributed by atoms with van der Waals surface area (Å²) in [4.78, 5) is 4.39. The fourth-order valence-corrected chi connectivity index (χ4v) is 2.58. The van der Waals surface area contributed by atoms with Crippen LogP contribution in [0.3, 0.4) is 0 Å². The van der Waals surface area contributed by atoms with E-state index in [-0.39, 0.29) is 13.0 Å². The summed E-state index contributed by atoms with van der Waals surface area (Å²) in [5.41, 5.74) is 1.36. The maximum atomic E-state index is 12.3. The van der Waals surface area contributed by atoms with Gasteiger partial charge in [-0.25, -0.2) is 4.98 Å². The summed E-state index contributed by atoms with van der Waals surface area (Å²) < 4.78 is 38.5. The first-order chi connectivity index (χ1) is 9.42. The number of hydrogen-bond acceptors (Lipinski definition) is 1.